The van der Waals surface area contributed by atoms with Crippen LogP contribution < -0.4 is 10.1 Å². The number of para-hydroxylation sites is 1. The Kier molecular flexibility index (Phi) is 6.44. The van der Waals surface area contributed by atoms with E-state index < -0.39 is 0 Å². The van der Waals surface area contributed by atoms with E-state index in [1.54, 1.807) is 12.1 Å². The van der Waals surface area contributed by atoms with E-state index >= 15 is 0 Å². The number of fused-ring (bicyclic) bond motifs is 1. The Labute approximate surface area is 189 Å². The van der Waals surface area contributed by atoms with Gasteiger partial charge in [0.15, 0.2) is 11.0 Å². The molecule has 0 aliphatic rings. The van der Waals surface area contributed by atoms with Gasteiger partial charge in [-0.05, 0) is 30.5 Å². The predicted octanol–water partition coefficient (Wildman–Crippen LogP) is 5.32. The highest BCUT2D eigenvalue weighted by Gasteiger charge is 2.20. The van der Waals surface area contributed by atoms with E-state index in [0.717, 1.165) is 16.5 Å². The normalized spacial score (nSPS) is 12.0. The zero-order valence-electron chi connectivity index (χ0n) is 17.1. The number of halogens is 1. The van der Waals surface area contributed by atoms with Crippen molar-refractivity contribution in [1.82, 2.24) is 14.8 Å². The SMILES string of the molecule is CC(Sc1nnc(COc2ccccc2Cl)n1C)C(=O)Nc1cccc2ccccc12. The van der Waals surface area contributed by atoms with Crippen LogP contribution in [0.15, 0.2) is 71.9 Å². The third kappa shape index (κ3) is 4.84. The van der Waals surface area contributed by atoms with Crippen molar-refractivity contribution >= 4 is 45.7 Å². The number of amides is 1. The number of rotatable bonds is 7. The van der Waals surface area contributed by atoms with Gasteiger partial charge in [0.05, 0.1) is 10.3 Å². The van der Waals surface area contributed by atoms with E-state index in [9.17, 15) is 4.79 Å². The molecule has 158 valence electrons. The van der Waals surface area contributed by atoms with E-state index in [-0.39, 0.29) is 17.8 Å². The molecule has 31 heavy (non-hydrogen) atoms. The van der Waals surface area contributed by atoms with Crippen molar-refractivity contribution in [3.05, 3.63) is 77.6 Å². The maximum absolute atomic E-state index is 12.8. The van der Waals surface area contributed by atoms with Crippen molar-refractivity contribution in [2.24, 2.45) is 7.05 Å². The van der Waals surface area contributed by atoms with E-state index in [1.807, 2.05) is 73.1 Å². The molecule has 1 aromatic heterocycles. The quantitative estimate of drug-likeness (QED) is 0.384. The average Bonchev–Trinajstić information content (AvgIpc) is 3.12. The van der Waals surface area contributed by atoms with Crippen LogP contribution in [0.25, 0.3) is 10.8 Å². The average molecular weight is 453 g/mol. The molecule has 1 N–H and O–H groups in total. The summed E-state index contributed by atoms with van der Waals surface area (Å²) in [4.78, 5) is 12.8. The Hall–Kier alpha value is -3.03. The number of nitrogens with one attached hydrogen (secondary N) is 1. The number of anilines is 1. The maximum atomic E-state index is 12.8. The second-order valence-corrected chi connectivity index (χ2v) is 8.67. The van der Waals surface area contributed by atoms with E-state index in [1.165, 1.54) is 11.8 Å². The van der Waals surface area contributed by atoms with Crippen LogP contribution in [0.5, 0.6) is 5.75 Å². The van der Waals surface area contributed by atoms with Gasteiger partial charge in [0.2, 0.25) is 5.91 Å². The monoisotopic (exact) mass is 452 g/mol. The summed E-state index contributed by atoms with van der Waals surface area (Å²) in [6.07, 6.45) is 0. The summed E-state index contributed by atoms with van der Waals surface area (Å²) in [5.74, 6) is 1.13. The van der Waals surface area contributed by atoms with Gasteiger partial charge in [-0.3, -0.25) is 4.79 Å². The minimum absolute atomic E-state index is 0.0989. The first-order valence-corrected chi connectivity index (χ1v) is 11.0. The minimum atomic E-state index is -0.362. The van der Waals surface area contributed by atoms with Crippen LogP contribution in [0.3, 0.4) is 0 Å². The molecule has 1 heterocycles. The lowest BCUT2D eigenvalue weighted by Crippen LogP contribution is -2.23. The number of carbonyl (C=O) groups is 1. The number of ether oxygens (including phenoxy) is 1. The molecule has 0 aliphatic carbocycles. The summed E-state index contributed by atoms with van der Waals surface area (Å²) in [5.41, 5.74) is 0.794. The standard InChI is InChI=1S/C23H21ClN4O2S/c1-15(22(29)25-19-12-7-9-16-8-3-4-10-17(16)19)31-23-27-26-21(28(23)2)14-30-20-13-6-5-11-18(20)24/h3-13,15H,14H2,1-2H3,(H,25,29). The van der Waals surface area contributed by atoms with Crippen molar-refractivity contribution in [3.63, 3.8) is 0 Å². The van der Waals surface area contributed by atoms with Gasteiger partial charge in [-0.2, -0.15) is 0 Å². The van der Waals surface area contributed by atoms with Gasteiger partial charge in [0.25, 0.3) is 0 Å². The first-order chi connectivity index (χ1) is 15.0. The molecule has 1 atom stereocenters. The highest BCUT2D eigenvalue weighted by Crippen LogP contribution is 2.27. The van der Waals surface area contributed by atoms with Gasteiger partial charge < -0.3 is 14.6 Å². The third-order valence-corrected chi connectivity index (χ3v) is 6.26. The molecule has 0 saturated carbocycles. The van der Waals surface area contributed by atoms with Gasteiger partial charge >= 0.3 is 0 Å². The number of hydrogen-bond acceptors (Lipinski definition) is 5. The van der Waals surface area contributed by atoms with Gasteiger partial charge in [-0.15, -0.1) is 10.2 Å². The van der Waals surface area contributed by atoms with Gasteiger partial charge in [-0.1, -0.05) is 71.9 Å². The van der Waals surface area contributed by atoms with Crippen LogP contribution in [0.2, 0.25) is 5.02 Å². The Morgan fingerprint density at radius 1 is 1.10 bits per heavy atom. The first kappa shape index (κ1) is 21.2. The van der Waals surface area contributed by atoms with Crippen LogP contribution >= 0.6 is 23.4 Å². The Balaban J connectivity index is 1.41. The summed E-state index contributed by atoms with van der Waals surface area (Å²) in [6.45, 7) is 2.07. The van der Waals surface area contributed by atoms with Gasteiger partial charge in [-0.25, -0.2) is 0 Å². The number of aromatic nitrogens is 3. The summed E-state index contributed by atoms with van der Waals surface area (Å²) < 4.78 is 7.57. The van der Waals surface area contributed by atoms with Crippen molar-refractivity contribution in [2.45, 2.75) is 23.9 Å². The lowest BCUT2D eigenvalue weighted by molar-refractivity contribution is -0.115. The molecule has 8 heteroatoms. The predicted molar refractivity (Wildman–Crippen MR) is 125 cm³/mol. The van der Waals surface area contributed by atoms with Gasteiger partial charge in [0, 0.05) is 18.1 Å². The molecule has 4 aromatic rings. The minimum Gasteiger partial charge on any atom is -0.484 e. The molecule has 6 nitrogen and oxygen atoms in total. The van der Waals surface area contributed by atoms with Crippen LogP contribution in [0, 0.1) is 0 Å². The molecular formula is C23H21ClN4O2S. The first-order valence-electron chi connectivity index (χ1n) is 9.74. The Morgan fingerprint density at radius 2 is 1.84 bits per heavy atom. The van der Waals surface area contributed by atoms with Crippen molar-refractivity contribution in [3.8, 4) is 5.75 Å². The fourth-order valence-corrected chi connectivity index (χ4v) is 4.08. The fraction of sp³-hybridized carbons (Fsp3) is 0.174. The maximum Gasteiger partial charge on any atom is 0.237 e. The van der Waals surface area contributed by atoms with Crippen molar-refractivity contribution in [1.29, 1.82) is 0 Å². The summed E-state index contributed by atoms with van der Waals surface area (Å²) in [5, 5.41) is 14.3. The molecule has 0 saturated heterocycles. The lowest BCUT2D eigenvalue weighted by Gasteiger charge is -2.13. The number of benzene rings is 3. The Morgan fingerprint density at radius 3 is 2.68 bits per heavy atom. The number of thioether (sulfide) groups is 1. The smallest absolute Gasteiger partial charge is 0.237 e. The molecule has 1 amide bonds. The van der Waals surface area contributed by atoms with Crippen LogP contribution in [-0.4, -0.2) is 25.9 Å². The highest BCUT2D eigenvalue weighted by molar-refractivity contribution is 8.00. The topological polar surface area (TPSA) is 69.0 Å². The van der Waals surface area contributed by atoms with Crippen molar-refractivity contribution < 1.29 is 9.53 Å². The summed E-state index contributed by atoms with van der Waals surface area (Å²) in [6, 6.07) is 21.1. The molecule has 0 bridgehead atoms. The van der Waals surface area contributed by atoms with E-state index in [0.29, 0.717) is 21.8 Å². The molecule has 1 unspecified atom stereocenters. The number of hydrogen-bond donors (Lipinski definition) is 1. The van der Waals surface area contributed by atoms with Crippen LogP contribution in [-0.2, 0) is 18.4 Å². The molecule has 4 rings (SSSR count). The highest BCUT2D eigenvalue weighted by atomic mass is 35.5. The Bertz CT molecular complexity index is 1220. The van der Waals surface area contributed by atoms with E-state index in [4.69, 9.17) is 16.3 Å². The molecule has 0 spiro atoms. The molecule has 0 fully saturated rings. The van der Waals surface area contributed by atoms with Gasteiger partial charge in [0.1, 0.15) is 12.4 Å². The lowest BCUT2D eigenvalue weighted by atomic mass is 10.1. The van der Waals surface area contributed by atoms with Crippen LogP contribution in [0.1, 0.15) is 12.7 Å². The van der Waals surface area contributed by atoms with Crippen molar-refractivity contribution in [2.75, 3.05) is 5.32 Å². The summed E-state index contributed by atoms with van der Waals surface area (Å²) in [7, 11) is 1.85. The van der Waals surface area contributed by atoms with Crippen LogP contribution in [0.4, 0.5) is 5.69 Å². The number of nitrogens with zero attached hydrogens (tertiary/aromatic N) is 3. The fourth-order valence-electron chi connectivity index (χ4n) is 3.06. The molecule has 3 aromatic carbocycles. The second kappa shape index (κ2) is 9.41. The zero-order valence-corrected chi connectivity index (χ0v) is 18.7. The molecular weight excluding hydrogens is 432 g/mol. The summed E-state index contributed by atoms with van der Waals surface area (Å²) >= 11 is 7.47. The molecule has 0 aliphatic heterocycles. The largest absolute Gasteiger partial charge is 0.484 e. The number of carbonyl (C=O) groups excluding carboxylic acids is 1. The van der Waals surface area contributed by atoms with E-state index in [2.05, 4.69) is 15.5 Å². The third-order valence-electron chi connectivity index (χ3n) is 4.82. The second-order valence-electron chi connectivity index (χ2n) is 6.95. The molecule has 0 radical (unpaired) electrons. The zero-order chi connectivity index (χ0) is 21.8.